The Bertz CT molecular complexity index is 1050. The third-order valence-corrected chi connectivity index (χ3v) is 6.30. The number of rotatable bonds is 10. The molecule has 0 amide bonds. The van der Waals surface area contributed by atoms with Crippen molar-refractivity contribution in [2.75, 3.05) is 18.1 Å². The van der Waals surface area contributed by atoms with Crippen LogP contribution in [0.3, 0.4) is 0 Å². The topological polar surface area (TPSA) is 57.6 Å². The van der Waals surface area contributed by atoms with Gasteiger partial charge in [0.1, 0.15) is 6.54 Å². The van der Waals surface area contributed by atoms with E-state index in [2.05, 4.69) is 0 Å². The molecule has 0 aliphatic carbocycles. The minimum atomic E-state index is -1.53. The van der Waals surface area contributed by atoms with Gasteiger partial charge in [-0.15, -0.1) is 0 Å². The molecule has 8 heteroatoms. The van der Waals surface area contributed by atoms with E-state index in [9.17, 15) is 27.9 Å². The average Bonchev–Trinajstić information content (AvgIpc) is 2.76. The van der Waals surface area contributed by atoms with Gasteiger partial charge in [-0.1, -0.05) is 39.3 Å². The van der Waals surface area contributed by atoms with E-state index in [1.165, 1.54) is 13.0 Å². The zero-order valence-corrected chi connectivity index (χ0v) is 19.6. The second-order valence-electron chi connectivity index (χ2n) is 7.40. The summed E-state index contributed by atoms with van der Waals surface area (Å²) < 4.78 is 41.2. The fraction of sp³-hybridized carbons (Fsp3) is 0.333. The first kappa shape index (κ1) is 25.6. The first-order valence-electron chi connectivity index (χ1n) is 10.2. The van der Waals surface area contributed by atoms with E-state index >= 15 is 0 Å². The molecule has 1 atom stereocenters. The van der Waals surface area contributed by atoms with Gasteiger partial charge in [0.15, 0.2) is 23.2 Å². The van der Waals surface area contributed by atoms with E-state index in [-0.39, 0.29) is 24.2 Å². The quantitative estimate of drug-likeness (QED) is 0.288. The van der Waals surface area contributed by atoms with Crippen molar-refractivity contribution in [3.63, 3.8) is 0 Å². The molecule has 2 aromatic carbocycles. The second kappa shape index (κ2) is 11.3. The molecule has 0 radical (unpaired) electrons. The maximum absolute atomic E-state index is 14.2. The van der Waals surface area contributed by atoms with Crippen molar-refractivity contribution in [2.45, 2.75) is 40.0 Å². The molecule has 0 spiro atoms. The van der Waals surface area contributed by atoms with Crippen LogP contribution in [0.25, 0.3) is 0 Å². The molecule has 0 saturated heterocycles. The van der Waals surface area contributed by atoms with E-state index in [4.69, 9.17) is 0 Å². The van der Waals surface area contributed by atoms with Crippen molar-refractivity contribution in [3.05, 3.63) is 70.2 Å². The standard InChI is InChI=1S/C24H27F3NO3P/c1-5-14(2)18(12-10-16-9-11-17(25)24(27)23(16)26)28(13-21(30)31)19-7-6-8-20(32-4)22(19)15(3)29/h6-9,11,32H,5,10,12-13H2,1-4H3,(H,30,31)/b18-14+. The van der Waals surface area contributed by atoms with Gasteiger partial charge in [0, 0.05) is 11.3 Å². The van der Waals surface area contributed by atoms with Crippen LogP contribution < -0.4 is 10.2 Å². The highest BCUT2D eigenvalue weighted by Crippen LogP contribution is 2.31. The number of anilines is 1. The van der Waals surface area contributed by atoms with Gasteiger partial charge in [-0.05, 0) is 62.8 Å². The Kier molecular flexibility index (Phi) is 9.02. The number of carboxylic acid groups (broad SMARTS) is 1. The number of benzene rings is 2. The summed E-state index contributed by atoms with van der Waals surface area (Å²) in [6, 6.07) is 7.37. The third kappa shape index (κ3) is 5.77. The van der Waals surface area contributed by atoms with Gasteiger partial charge in [-0.2, -0.15) is 0 Å². The van der Waals surface area contributed by atoms with Crippen molar-refractivity contribution < 1.29 is 27.9 Å². The number of aliphatic carboxylic acids is 1. The molecule has 32 heavy (non-hydrogen) atoms. The van der Waals surface area contributed by atoms with E-state index in [0.29, 0.717) is 31.9 Å². The number of aryl methyl sites for hydroxylation is 1. The molecule has 2 rings (SSSR count). The lowest BCUT2D eigenvalue weighted by atomic mass is 10.0. The summed E-state index contributed by atoms with van der Waals surface area (Å²) >= 11 is 0. The van der Waals surface area contributed by atoms with E-state index in [0.717, 1.165) is 16.9 Å². The fourth-order valence-corrected chi connectivity index (χ4v) is 4.42. The minimum absolute atomic E-state index is 0.00356. The van der Waals surface area contributed by atoms with Crippen molar-refractivity contribution >= 4 is 31.3 Å². The average molecular weight is 465 g/mol. The lowest BCUT2D eigenvalue weighted by Gasteiger charge is -2.30. The molecule has 0 bridgehead atoms. The van der Waals surface area contributed by atoms with E-state index in [1.54, 1.807) is 17.0 Å². The summed E-state index contributed by atoms with van der Waals surface area (Å²) in [4.78, 5) is 25.8. The maximum Gasteiger partial charge on any atom is 0.323 e. The van der Waals surface area contributed by atoms with Crippen molar-refractivity contribution in [1.82, 2.24) is 0 Å². The molecule has 0 aliphatic rings. The van der Waals surface area contributed by atoms with Crippen LogP contribution in [-0.2, 0) is 11.2 Å². The van der Waals surface area contributed by atoms with Gasteiger partial charge in [0.05, 0.1) is 5.69 Å². The summed E-state index contributed by atoms with van der Waals surface area (Å²) in [5.41, 5.74) is 2.39. The van der Waals surface area contributed by atoms with Crippen molar-refractivity contribution in [1.29, 1.82) is 0 Å². The van der Waals surface area contributed by atoms with E-state index in [1.807, 2.05) is 26.6 Å². The van der Waals surface area contributed by atoms with Crippen molar-refractivity contribution in [2.24, 2.45) is 0 Å². The fourth-order valence-electron chi connectivity index (χ4n) is 3.60. The highest BCUT2D eigenvalue weighted by Gasteiger charge is 2.24. The lowest BCUT2D eigenvalue weighted by molar-refractivity contribution is -0.135. The minimum Gasteiger partial charge on any atom is -0.480 e. The molecule has 1 unspecified atom stereocenters. The zero-order chi connectivity index (χ0) is 24.0. The molecule has 0 heterocycles. The number of hydrogen-bond donors (Lipinski definition) is 1. The summed E-state index contributed by atoms with van der Waals surface area (Å²) in [6.45, 7) is 6.72. The third-order valence-electron chi connectivity index (χ3n) is 5.34. The number of ketones is 1. The smallest absolute Gasteiger partial charge is 0.323 e. The summed E-state index contributed by atoms with van der Waals surface area (Å²) in [6.07, 6.45) is 0.817. The highest BCUT2D eigenvalue weighted by atomic mass is 31.1. The molecule has 0 aromatic heterocycles. The predicted molar refractivity (Wildman–Crippen MR) is 123 cm³/mol. The highest BCUT2D eigenvalue weighted by molar-refractivity contribution is 7.46. The number of carbonyl (C=O) groups excluding carboxylic acids is 1. The molecule has 1 N–H and O–H groups in total. The number of hydrogen-bond acceptors (Lipinski definition) is 3. The van der Waals surface area contributed by atoms with Gasteiger partial charge in [0.25, 0.3) is 0 Å². The van der Waals surface area contributed by atoms with Crippen LogP contribution in [0.1, 0.15) is 49.5 Å². The second-order valence-corrected chi connectivity index (χ2v) is 8.44. The first-order chi connectivity index (χ1) is 15.1. The molecular weight excluding hydrogens is 438 g/mol. The van der Waals surface area contributed by atoms with Crippen LogP contribution in [0.5, 0.6) is 0 Å². The SMILES string of the molecule is CC/C(C)=C(\CCc1ccc(F)c(F)c1F)N(CC(=O)O)c1cccc(PC)c1C(C)=O. The normalized spacial score (nSPS) is 12.2. The Morgan fingerprint density at radius 2 is 1.75 bits per heavy atom. The molecule has 0 aliphatic heterocycles. The monoisotopic (exact) mass is 465 g/mol. The Balaban J connectivity index is 2.59. The van der Waals surface area contributed by atoms with Gasteiger partial charge >= 0.3 is 5.97 Å². The van der Waals surface area contributed by atoms with Crippen molar-refractivity contribution in [3.8, 4) is 0 Å². The Morgan fingerprint density at radius 3 is 2.31 bits per heavy atom. The maximum atomic E-state index is 14.2. The first-order valence-corrected chi connectivity index (χ1v) is 11.7. The number of allylic oxidation sites excluding steroid dienone is 2. The van der Waals surface area contributed by atoms with Crippen LogP contribution in [0.15, 0.2) is 41.6 Å². The Hall–Kier alpha value is -2.66. The molecule has 172 valence electrons. The largest absolute Gasteiger partial charge is 0.480 e. The Labute approximate surface area is 187 Å². The summed E-state index contributed by atoms with van der Waals surface area (Å²) in [5.74, 6) is -5.31. The summed E-state index contributed by atoms with van der Waals surface area (Å²) in [5, 5.41) is 10.4. The zero-order valence-electron chi connectivity index (χ0n) is 18.6. The molecule has 0 fully saturated rings. The van der Waals surface area contributed by atoms with Crippen LogP contribution in [0.2, 0.25) is 0 Å². The number of Topliss-reactive ketones (excluding diaryl/α,β-unsaturated/α-hetero) is 1. The molecular formula is C24H27F3NO3P. The van der Waals surface area contributed by atoms with Gasteiger partial charge in [0.2, 0.25) is 0 Å². The number of carbonyl (C=O) groups is 2. The van der Waals surface area contributed by atoms with Crippen LogP contribution >= 0.6 is 8.58 Å². The number of halogens is 3. The van der Waals surface area contributed by atoms with Crippen LogP contribution in [0, 0.1) is 17.5 Å². The number of nitrogens with zero attached hydrogens (tertiary/aromatic N) is 1. The van der Waals surface area contributed by atoms with Crippen LogP contribution in [-0.4, -0.2) is 30.1 Å². The van der Waals surface area contributed by atoms with E-state index < -0.39 is 30.0 Å². The lowest BCUT2D eigenvalue weighted by Crippen LogP contribution is -2.32. The molecule has 4 nitrogen and oxygen atoms in total. The van der Waals surface area contributed by atoms with Gasteiger partial charge in [-0.3, -0.25) is 9.59 Å². The van der Waals surface area contributed by atoms with Gasteiger partial charge < -0.3 is 10.0 Å². The molecule has 0 saturated carbocycles. The molecule has 2 aromatic rings. The number of carboxylic acids is 1. The van der Waals surface area contributed by atoms with Gasteiger partial charge in [-0.25, -0.2) is 13.2 Å². The van der Waals surface area contributed by atoms with Crippen LogP contribution in [0.4, 0.5) is 18.9 Å². The summed E-state index contributed by atoms with van der Waals surface area (Å²) in [7, 11) is 0.331. The Morgan fingerprint density at radius 1 is 1.06 bits per heavy atom. The predicted octanol–water partition coefficient (Wildman–Crippen LogP) is 5.45.